The van der Waals surface area contributed by atoms with Crippen LogP contribution in [0.25, 0.3) is 0 Å². The lowest BCUT2D eigenvalue weighted by atomic mass is 9.49. The molecule has 4 bridgehead atoms. The third-order valence-electron chi connectivity index (χ3n) is 5.49. The summed E-state index contributed by atoms with van der Waals surface area (Å²) in [5, 5.41) is 14.0. The lowest BCUT2D eigenvalue weighted by Crippen LogP contribution is -2.54. The van der Waals surface area contributed by atoms with Crippen molar-refractivity contribution >= 4 is 11.8 Å². The van der Waals surface area contributed by atoms with Crippen LogP contribution in [0.1, 0.15) is 44.9 Å². The second-order valence-electron chi connectivity index (χ2n) is 7.14. The molecule has 21 heavy (non-hydrogen) atoms. The van der Waals surface area contributed by atoms with Gasteiger partial charge < -0.3 is 10.6 Å². The van der Waals surface area contributed by atoms with Crippen LogP contribution >= 0.6 is 0 Å². The molecule has 0 unspecified atom stereocenters. The van der Waals surface area contributed by atoms with E-state index < -0.39 is 0 Å². The summed E-state index contributed by atoms with van der Waals surface area (Å²) in [7, 11) is 0. The number of carbonyl (C=O) groups excluding carboxylic acids is 2. The summed E-state index contributed by atoms with van der Waals surface area (Å²) in [5.41, 5.74) is -0.120. The molecule has 114 valence electrons. The predicted octanol–water partition coefficient (Wildman–Crippen LogP) is 1.35. The first-order chi connectivity index (χ1) is 10.1. The first-order valence-corrected chi connectivity index (χ1v) is 8.03. The van der Waals surface area contributed by atoms with Crippen LogP contribution in [0.2, 0.25) is 0 Å². The zero-order valence-electron chi connectivity index (χ0n) is 12.4. The standard InChI is InChI=1S/C16H23N3O2/c17-2-1-14(20)18-3-4-19-15(21)16-8-11-5-12(9-16)7-13(6-11)10-16/h11-13H,1,3-10H2,(H,18,20)(H,19,21). The Labute approximate surface area is 125 Å². The van der Waals surface area contributed by atoms with Gasteiger partial charge >= 0.3 is 0 Å². The van der Waals surface area contributed by atoms with Crippen LogP contribution in [-0.4, -0.2) is 24.9 Å². The Balaban J connectivity index is 1.47. The molecule has 4 saturated carbocycles. The highest BCUT2D eigenvalue weighted by Crippen LogP contribution is 2.60. The molecule has 5 nitrogen and oxygen atoms in total. The molecular formula is C16H23N3O2. The SMILES string of the molecule is N#CCC(=O)NCCNC(=O)C12CC3CC(CC(C3)C1)C2. The van der Waals surface area contributed by atoms with E-state index in [0.29, 0.717) is 13.1 Å². The Morgan fingerprint density at radius 3 is 2.05 bits per heavy atom. The molecule has 0 aromatic heterocycles. The molecule has 0 radical (unpaired) electrons. The molecule has 0 atom stereocenters. The average Bonchev–Trinajstić information content (AvgIpc) is 2.42. The number of nitriles is 1. The average molecular weight is 289 g/mol. The van der Waals surface area contributed by atoms with Crippen molar-refractivity contribution in [3.05, 3.63) is 0 Å². The summed E-state index contributed by atoms with van der Waals surface area (Å²) in [6, 6.07) is 1.81. The Bertz CT molecular complexity index is 445. The fourth-order valence-electron chi connectivity index (χ4n) is 5.09. The molecule has 5 heteroatoms. The zero-order chi connectivity index (χ0) is 14.9. The largest absolute Gasteiger partial charge is 0.354 e. The number of carbonyl (C=O) groups is 2. The van der Waals surface area contributed by atoms with Gasteiger partial charge in [-0.15, -0.1) is 0 Å². The van der Waals surface area contributed by atoms with Crippen LogP contribution in [0.3, 0.4) is 0 Å². The van der Waals surface area contributed by atoms with Crippen molar-refractivity contribution in [3.63, 3.8) is 0 Å². The van der Waals surface area contributed by atoms with Gasteiger partial charge in [0.1, 0.15) is 6.42 Å². The molecule has 0 heterocycles. The van der Waals surface area contributed by atoms with E-state index in [1.54, 1.807) is 6.07 Å². The van der Waals surface area contributed by atoms with Crippen LogP contribution in [0.5, 0.6) is 0 Å². The highest BCUT2D eigenvalue weighted by atomic mass is 16.2. The van der Waals surface area contributed by atoms with Gasteiger partial charge in [-0.05, 0) is 56.3 Å². The molecule has 4 fully saturated rings. The normalized spacial score (nSPS) is 36.0. The van der Waals surface area contributed by atoms with Crippen molar-refractivity contribution in [1.29, 1.82) is 5.26 Å². The summed E-state index contributed by atoms with van der Waals surface area (Å²) in [6.45, 7) is 0.858. The van der Waals surface area contributed by atoms with Crippen LogP contribution in [0.4, 0.5) is 0 Å². The van der Waals surface area contributed by atoms with E-state index in [4.69, 9.17) is 5.26 Å². The number of amides is 2. The molecule has 4 aliphatic carbocycles. The van der Waals surface area contributed by atoms with Crippen LogP contribution in [-0.2, 0) is 9.59 Å². The second kappa shape index (κ2) is 5.67. The quantitative estimate of drug-likeness (QED) is 0.749. The Morgan fingerprint density at radius 2 is 1.52 bits per heavy atom. The van der Waals surface area contributed by atoms with E-state index >= 15 is 0 Å². The second-order valence-corrected chi connectivity index (χ2v) is 7.14. The summed E-state index contributed by atoms with van der Waals surface area (Å²) in [5.74, 6) is 2.20. The first-order valence-electron chi connectivity index (χ1n) is 8.03. The lowest BCUT2D eigenvalue weighted by molar-refractivity contribution is -0.146. The summed E-state index contributed by atoms with van der Waals surface area (Å²) >= 11 is 0. The fraction of sp³-hybridized carbons (Fsp3) is 0.812. The minimum absolute atomic E-state index is 0.120. The third kappa shape index (κ3) is 2.90. The van der Waals surface area contributed by atoms with Crippen molar-refractivity contribution < 1.29 is 9.59 Å². The molecule has 4 rings (SSSR count). The maximum Gasteiger partial charge on any atom is 0.234 e. The minimum atomic E-state index is -0.276. The van der Waals surface area contributed by atoms with E-state index in [9.17, 15) is 9.59 Å². The monoisotopic (exact) mass is 289 g/mol. The van der Waals surface area contributed by atoms with Gasteiger partial charge in [0.2, 0.25) is 11.8 Å². The maximum atomic E-state index is 12.6. The van der Waals surface area contributed by atoms with E-state index in [0.717, 1.165) is 37.0 Å². The topological polar surface area (TPSA) is 82.0 Å². The van der Waals surface area contributed by atoms with Crippen molar-refractivity contribution in [2.75, 3.05) is 13.1 Å². The van der Waals surface area contributed by atoms with E-state index in [2.05, 4.69) is 10.6 Å². The van der Waals surface area contributed by atoms with Gasteiger partial charge in [-0.2, -0.15) is 5.26 Å². The minimum Gasteiger partial charge on any atom is -0.354 e. The molecule has 0 saturated heterocycles. The highest BCUT2D eigenvalue weighted by molar-refractivity contribution is 5.83. The first kappa shape index (κ1) is 14.4. The molecule has 0 aliphatic heterocycles. The number of nitrogens with zero attached hydrogens (tertiary/aromatic N) is 1. The molecule has 0 aromatic carbocycles. The van der Waals surface area contributed by atoms with Gasteiger partial charge in [-0.3, -0.25) is 9.59 Å². The maximum absolute atomic E-state index is 12.6. The van der Waals surface area contributed by atoms with Crippen molar-refractivity contribution in [3.8, 4) is 6.07 Å². The molecule has 0 spiro atoms. The van der Waals surface area contributed by atoms with E-state index in [1.165, 1.54) is 19.3 Å². The zero-order valence-corrected chi connectivity index (χ0v) is 12.4. The summed E-state index contributed by atoms with van der Waals surface area (Å²) < 4.78 is 0. The number of nitrogens with one attached hydrogen (secondary N) is 2. The summed E-state index contributed by atoms with van der Waals surface area (Å²) in [6.07, 6.45) is 7.05. The van der Waals surface area contributed by atoms with Gasteiger partial charge in [0, 0.05) is 18.5 Å². The molecular weight excluding hydrogens is 266 g/mol. The van der Waals surface area contributed by atoms with Crippen LogP contribution in [0.15, 0.2) is 0 Å². The van der Waals surface area contributed by atoms with Gasteiger partial charge in [-0.25, -0.2) is 0 Å². The van der Waals surface area contributed by atoms with Crippen molar-refractivity contribution in [1.82, 2.24) is 10.6 Å². The fourth-order valence-corrected chi connectivity index (χ4v) is 5.09. The predicted molar refractivity (Wildman–Crippen MR) is 76.9 cm³/mol. The Morgan fingerprint density at radius 1 is 1.00 bits per heavy atom. The molecule has 0 aromatic rings. The number of hydrogen-bond acceptors (Lipinski definition) is 3. The van der Waals surface area contributed by atoms with Crippen molar-refractivity contribution in [2.24, 2.45) is 23.2 Å². The van der Waals surface area contributed by atoms with Crippen molar-refractivity contribution in [2.45, 2.75) is 44.9 Å². The third-order valence-corrected chi connectivity index (χ3v) is 5.49. The Kier molecular flexibility index (Phi) is 3.88. The Hall–Kier alpha value is -1.57. The van der Waals surface area contributed by atoms with Crippen LogP contribution in [0, 0.1) is 34.5 Å². The highest BCUT2D eigenvalue weighted by Gasteiger charge is 2.54. The molecule has 2 amide bonds. The van der Waals surface area contributed by atoms with E-state index in [-0.39, 0.29) is 23.7 Å². The summed E-state index contributed by atoms with van der Waals surface area (Å²) in [4.78, 5) is 23.8. The van der Waals surface area contributed by atoms with Gasteiger partial charge in [0.05, 0.1) is 6.07 Å². The molecule has 2 N–H and O–H groups in total. The van der Waals surface area contributed by atoms with Gasteiger partial charge in [0.15, 0.2) is 0 Å². The smallest absolute Gasteiger partial charge is 0.234 e. The lowest BCUT2D eigenvalue weighted by Gasteiger charge is -2.55. The van der Waals surface area contributed by atoms with Crippen LogP contribution < -0.4 is 10.6 Å². The van der Waals surface area contributed by atoms with Gasteiger partial charge in [0.25, 0.3) is 0 Å². The number of hydrogen-bond donors (Lipinski definition) is 2. The number of rotatable bonds is 5. The van der Waals surface area contributed by atoms with Gasteiger partial charge in [-0.1, -0.05) is 0 Å². The molecule has 4 aliphatic rings. The van der Waals surface area contributed by atoms with E-state index in [1.807, 2.05) is 0 Å².